The van der Waals surface area contributed by atoms with Gasteiger partial charge in [-0.1, -0.05) is 15.9 Å². The Labute approximate surface area is 145 Å². The van der Waals surface area contributed by atoms with Crippen molar-refractivity contribution in [1.82, 2.24) is 4.98 Å². The topological polar surface area (TPSA) is 92.4 Å². The molecule has 0 unspecified atom stereocenters. The van der Waals surface area contributed by atoms with Crippen LogP contribution in [0.3, 0.4) is 0 Å². The molecule has 0 aliphatic carbocycles. The van der Waals surface area contributed by atoms with Crippen LogP contribution in [0.4, 0.5) is 5.69 Å². The lowest BCUT2D eigenvalue weighted by atomic mass is 10.1. The SMILES string of the molecule is Cc1ncc(CO)c2cc(C(=O)Nc3ccc(Br)cc3)c(=O)oc12. The van der Waals surface area contributed by atoms with E-state index >= 15 is 0 Å². The second-order valence-corrected chi connectivity index (χ2v) is 6.09. The number of nitrogens with zero attached hydrogens (tertiary/aromatic N) is 1. The van der Waals surface area contributed by atoms with Crippen molar-refractivity contribution in [3.8, 4) is 0 Å². The summed E-state index contributed by atoms with van der Waals surface area (Å²) < 4.78 is 6.12. The smallest absolute Gasteiger partial charge is 0.349 e. The zero-order chi connectivity index (χ0) is 17.3. The van der Waals surface area contributed by atoms with Crippen molar-refractivity contribution in [3.05, 3.63) is 68.2 Å². The minimum absolute atomic E-state index is 0.134. The molecule has 7 heteroatoms. The Kier molecular flexibility index (Phi) is 4.46. The highest BCUT2D eigenvalue weighted by atomic mass is 79.9. The molecule has 2 N–H and O–H groups in total. The Bertz CT molecular complexity index is 980. The molecule has 2 aromatic heterocycles. The quantitative estimate of drug-likeness (QED) is 0.719. The molecule has 0 atom stereocenters. The van der Waals surface area contributed by atoms with E-state index in [1.807, 2.05) is 0 Å². The van der Waals surface area contributed by atoms with Gasteiger partial charge in [0.2, 0.25) is 0 Å². The normalized spacial score (nSPS) is 10.8. The van der Waals surface area contributed by atoms with Crippen molar-refractivity contribution in [1.29, 1.82) is 0 Å². The highest BCUT2D eigenvalue weighted by molar-refractivity contribution is 9.10. The van der Waals surface area contributed by atoms with E-state index in [0.717, 1.165) is 4.47 Å². The largest absolute Gasteiger partial charge is 0.420 e. The fourth-order valence-electron chi connectivity index (χ4n) is 2.30. The van der Waals surface area contributed by atoms with E-state index in [2.05, 4.69) is 26.2 Å². The van der Waals surface area contributed by atoms with E-state index in [0.29, 0.717) is 22.3 Å². The summed E-state index contributed by atoms with van der Waals surface area (Å²) in [5.74, 6) is -0.577. The number of amides is 1. The molecule has 0 saturated heterocycles. The molecule has 0 radical (unpaired) electrons. The van der Waals surface area contributed by atoms with Crippen LogP contribution in [0, 0.1) is 6.92 Å². The minimum atomic E-state index is -0.753. The van der Waals surface area contributed by atoms with Crippen molar-refractivity contribution in [3.63, 3.8) is 0 Å². The number of hydrogen-bond acceptors (Lipinski definition) is 5. The number of nitrogens with one attached hydrogen (secondary N) is 1. The van der Waals surface area contributed by atoms with Crippen LogP contribution in [0.5, 0.6) is 0 Å². The van der Waals surface area contributed by atoms with Gasteiger partial charge in [0.05, 0.1) is 12.3 Å². The van der Waals surface area contributed by atoms with E-state index in [4.69, 9.17) is 4.42 Å². The number of hydrogen-bond donors (Lipinski definition) is 2. The Morgan fingerprint density at radius 1 is 1.33 bits per heavy atom. The number of aliphatic hydroxyl groups is 1. The molecule has 0 aliphatic heterocycles. The fourth-order valence-corrected chi connectivity index (χ4v) is 2.56. The number of fused-ring (bicyclic) bond motifs is 1. The molecular formula is C17H13BrN2O4. The number of carbonyl (C=O) groups is 1. The molecular weight excluding hydrogens is 376 g/mol. The Morgan fingerprint density at radius 3 is 2.71 bits per heavy atom. The summed E-state index contributed by atoms with van der Waals surface area (Å²) in [7, 11) is 0. The number of benzene rings is 1. The van der Waals surface area contributed by atoms with Crippen LogP contribution in [-0.4, -0.2) is 16.0 Å². The van der Waals surface area contributed by atoms with Crippen LogP contribution in [0.1, 0.15) is 21.6 Å². The predicted molar refractivity (Wildman–Crippen MR) is 93.0 cm³/mol. The van der Waals surface area contributed by atoms with Crippen LogP contribution >= 0.6 is 15.9 Å². The maximum absolute atomic E-state index is 12.4. The maximum atomic E-state index is 12.4. The third-order valence-electron chi connectivity index (χ3n) is 3.55. The van der Waals surface area contributed by atoms with Crippen molar-refractivity contribution < 1.29 is 14.3 Å². The molecule has 0 aliphatic rings. The van der Waals surface area contributed by atoms with Gasteiger partial charge in [-0.25, -0.2) is 4.79 Å². The molecule has 0 saturated carbocycles. The van der Waals surface area contributed by atoms with Crippen molar-refractivity contribution in [2.75, 3.05) is 5.32 Å². The molecule has 2 heterocycles. The Hall–Kier alpha value is -2.51. The summed E-state index contributed by atoms with van der Waals surface area (Å²) in [6.07, 6.45) is 1.49. The average molecular weight is 389 g/mol. The molecule has 0 fully saturated rings. The molecule has 3 aromatic rings. The summed E-state index contributed by atoms with van der Waals surface area (Å²) >= 11 is 3.31. The summed E-state index contributed by atoms with van der Waals surface area (Å²) in [5, 5.41) is 12.6. The molecule has 122 valence electrons. The van der Waals surface area contributed by atoms with Crippen LogP contribution in [0.15, 0.2) is 50.2 Å². The van der Waals surface area contributed by atoms with Crippen LogP contribution < -0.4 is 10.9 Å². The molecule has 6 nitrogen and oxygen atoms in total. The van der Waals surface area contributed by atoms with Crippen molar-refractivity contribution >= 4 is 38.5 Å². The fraction of sp³-hybridized carbons (Fsp3) is 0.118. The molecule has 0 bridgehead atoms. The molecule has 1 amide bonds. The lowest BCUT2D eigenvalue weighted by Gasteiger charge is -2.08. The standard InChI is InChI=1S/C17H13BrN2O4/c1-9-15-13(10(8-21)7-19-9)6-14(17(23)24-15)16(22)20-12-4-2-11(18)3-5-12/h2-7,21H,8H2,1H3,(H,20,22). The summed E-state index contributed by atoms with van der Waals surface area (Å²) in [4.78, 5) is 28.6. The first-order chi connectivity index (χ1) is 11.5. The Morgan fingerprint density at radius 2 is 2.04 bits per heavy atom. The molecule has 24 heavy (non-hydrogen) atoms. The maximum Gasteiger partial charge on any atom is 0.349 e. The van der Waals surface area contributed by atoms with Gasteiger partial charge in [-0.2, -0.15) is 0 Å². The first kappa shape index (κ1) is 16.4. The van der Waals surface area contributed by atoms with Gasteiger partial charge in [0.15, 0.2) is 5.58 Å². The number of aliphatic hydroxyl groups excluding tert-OH is 1. The van der Waals surface area contributed by atoms with E-state index in [1.54, 1.807) is 31.2 Å². The number of pyridine rings is 1. The summed E-state index contributed by atoms with van der Waals surface area (Å²) in [6.45, 7) is 1.42. The van der Waals surface area contributed by atoms with Gasteiger partial charge in [-0.3, -0.25) is 9.78 Å². The first-order valence-electron chi connectivity index (χ1n) is 7.09. The molecule has 1 aromatic carbocycles. The van der Waals surface area contributed by atoms with Gasteiger partial charge in [0.1, 0.15) is 5.56 Å². The summed E-state index contributed by atoms with van der Waals surface area (Å²) in [6, 6.07) is 8.39. The molecule has 3 rings (SSSR count). The third kappa shape index (κ3) is 3.08. The highest BCUT2D eigenvalue weighted by Crippen LogP contribution is 2.21. The number of rotatable bonds is 3. The molecule has 0 spiro atoms. The number of anilines is 1. The van der Waals surface area contributed by atoms with Gasteiger partial charge < -0.3 is 14.8 Å². The second-order valence-electron chi connectivity index (χ2n) is 5.18. The number of aromatic nitrogens is 1. The van der Waals surface area contributed by atoms with Gasteiger partial charge in [0.25, 0.3) is 5.91 Å². The number of halogens is 1. The van der Waals surface area contributed by atoms with Crippen LogP contribution in [0.2, 0.25) is 0 Å². The minimum Gasteiger partial charge on any atom is -0.420 e. The van der Waals surface area contributed by atoms with E-state index in [9.17, 15) is 14.7 Å². The van der Waals surface area contributed by atoms with E-state index in [1.165, 1.54) is 12.3 Å². The third-order valence-corrected chi connectivity index (χ3v) is 4.08. The monoisotopic (exact) mass is 388 g/mol. The second kappa shape index (κ2) is 6.54. The van der Waals surface area contributed by atoms with Gasteiger partial charge >= 0.3 is 5.63 Å². The number of aryl methyl sites for hydroxylation is 1. The first-order valence-corrected chi connectivity index (χ1v) is 7.89. The van der Waals surface area contributed by atoms with Gasteiger partial charge in [-0.15, -0.1) is 0 Å². The van der Waals surface area contributed by atoms with E-state index < -0.39 is 11.5 Å². The van der Waals surface area contributed by atoms with E-state index in [-0.39, 0.29) is 17.8 Å². The van der Waals surface area contributed by atoms with Crippen LogP contribution in [-0.2, 0) is 6.61 Å². The highest BCUT2D eigenvalue weighted by Gasteiger charge is 2.17. The van der Waals surface area contributed by atoms with Gasteiger partial charge in [0, 0.05) is 27.3 Å². The van der Waals surface area contributed by atoms with Crippen molar-refractivity contribution in [2.45, 2.75) is 13.5 Å². The Balaban J connectivity index is 2.05. The predicted octanol–water partition coefficient (Wildman–Crippen LogP) is 3.00. The van der Waals surface area contributed by atoms with Gasteiger partial charge in [-0.05, 0) is 37.3 Å². The van der Waals surface area contributed by atoms with Crippen molar-refractivity contribution in [2.24, 2.45) is 0 Å². The lowest BCUT2D eigenvalue weighted by Crippen LogP contribution is -2.21. The lowest BCUT2D eigenvalue weighted by molar-refractivity contribution is 0.102. The zero-order valence-electron chi connectivity index (χ0n) is 12.7. The summed E-state index contributed by atoms with van der Waals surface area (Å²) in [5.41, 5.74) is 0.932. The zero-order valence-corrected chi connectivity index (χ0v) is 14.3. The average Bonchev–Trinajstić information content (AvgIpc) is 2.57. The number of carbonyl (C=O) groups excluding carboxylic acids is 1. The van der Waals surface area contributed by atoms with Crippen LogP contribution in [0.25, 0.3) is 11.0 Å².